The number of nitrogens with one attached hydrogen (secondary N) is 3. The highest BCUT2D eigenvalue weighted by atomic mass is 35.5. The zero-order valence-electron chi connectivity index (χ0n) is 31.6. The number of carbonyl (C=O) groups is 3. The molecule has 8 rings (SSSR count). The van der Waals surface area contributed by atoms with Crippen LogP contribution in [0.3, 0.4) is 0 Å². The van der Waals surface area contributed by atoms with Crippen LogP contribution in [0.4, 0.5) is 5.69 Å². The summed E-state index contributed by atoms with van der Waals surface area (Å²) in [6, 6.07) is 11.0. The molecule has 0 spiro atoms. The van der Waals surface area contributed by atoms with Gasteiger partial charge in [-0.3, -0.25) is 24.3 Å². The number of benzene rings is 1. The molecule has 2 aliphatic carbocycles. The molecular weight excluding hydrogens is 755 g/mol. The number of amides is 2. The molecule has 2 amide bonds. The number of imidazole rings is 1. The molecule has 2 saturated carbocycles. The van der Waals surface area contributed by atoms with Crippen molar-refractivity contribution in [2.45, 2.75) is 76.9 Å². The van der Waals surface area contributed by atoms with Crippen LogP contribution in [-0.2, 0) is 36.1 Å². The van der Waals surface area contributed by atoms with Gasteiger partial charge in [-0.1, -0.05) is 41.4 Å². The highest BCUT2D eigenvalue weighted by Crippen LogP contribution is 2.63. The van der Waals surface area contributed by atoms with Crippen molar-refractivity contribution in [2.75, 3.05) is 32.1 Å². The van der Waals surface area contributed by atoms with Crippen LogP contribution >= 0.6 is 23.2 Å². The monoisotopic (exact) mass is 800 g/mol. The Morgan fingerprint density at radius 2 is 1.88 bits per heavy atom. The molecule has 294 valence electrons. The molecule has 3 aromatic heterocycles. The van der Waals surface area contributed by atoms with Crippen LogP contribution in [0.5, 0.6) is 5.88 Å². The molecule has 0 radical (unpaired) electrons. The summed E-state index contributed by atoms with van der Waals surface area (Å²) >= 11 is 14.0. The van der Waals surface area contributed by atoms with E-state index in [1.807, 2.05) is 23.7 Å². The number of hydrogen-bond donors (Lipinski definition) is 4. The van der Waals surface area contributed by atoms with E-state index in [1.54, 1.807) is 37.6 Å². The van der Waals surface area contributed by atoms with E-state index in [2.05, 4.69) is 25.8 Å². The predicted molar refractivity (Wildman–Crippen MR) is 213 cm³/mol. The number of halogens is 2. The second-order valence-corrected chi connectivity index (χ2v) is 16.6. The second kappa shape index (κ2) is 15.4. The van der Waals surface area contributed by atoms with E-state index in [0.717, 1.165) is 81.4 Å². The molecule has 2 aliphatic heterocycles. The van der Waals surface area contributed by atoms with Gasteiger partial charge in [0.2, 0.25) is 11.8 Å². The molecule has 56 heavy (non-hydrogen) atoms. The van der Waals surface area contributed by atoms with E-state index in [9.17, 15) is 19.5 Å². The van der Waals surface area contributed by atoms with Crippen molar-refractivity contribution in [2.24, 2.45) is 17.9 Å². The number of rotatable bonds is 13. The highest BCUT2D eigenvalue weighted by molar-refractivity contribution is 6.39. The number of anilines is 1. The molecule has 4 N–H and O–H groups in total. The number of pyridine rings is 2. The zero-order chi connectivity index (χ0) is 39.2. The fraction of sp³-hybridized carbons (Fsp3) is 0.463. The largest absolute Gasteiger partial charge is 0.481 e. The Hall–Kier alpha value is -4.56. The predicted octanol–water partition coefficient (Wildman–Crippen LogP) is 6.26. The highest BCUT2D eigenvalue weighted by Gasteiger charge is 2.57. The van der Waals surface area contributed by atoms with Crippen molar-refractivity contribution in [1.29, 1.82) is 0 Å². The van der Waals surface area contributed by atoms with Crippen molar-refractivity contribution in [3.63, 3.8) is 0 Å². The molecule has 15 heteroatoms. The summed E-state index contributed by atoms with van der Waals surface area (Å²) in [5.74, 6) is -0.160. The number of aromatic nitrogens is 4. The van der Waals surface area contributed by atoms with Crippen molar-refractivity contribution >= 4 is 46.7 Å². The lowest BCUT2D eigenvalue weighted by molar-refractivity contribution is -0.148. The van der Waals surface area contributed by atoms with Gasteiger partial charge in [-0.25, -0.2) is 9.97 Å². The van der Waals surface area contributed by atoms with E-state index in [0.29, 0.717) is 71.0 Å². The number of carboxylic acids is 1. The first kappa shape index (κ1) is 38.3. The molecule has 4 aliphatic rings. The number of carboxylic acid groups (broad SMARTS) is 1. The Morgan fingerprint density at radius 3 is 2.61 bits per heavy atom. The zero-order valence-corrected chi connectivity index (χ0v) is 33.1. The topological polar surface area (TPSA) is 164 Å². The average Bonchev–Trinajstić information content (AvgIpc) is 3.98. The normalized spacial score (nSPS) is 22.9. The fourth-order valence-electron chi connectivity index (χ4n) is 9.25. The van der Waals surface area contributed by atoms with Gasteiger partial charge in [-0.2, -0.15) is 0 Å². The third kappa shape index (κ3) is 7.26. The number of aliphatic carboxylic acids is 1. The minimum absolute atomic E-state index is 0.0830. The van der Waals surface area contributed by atoms with Crippen molar-refractivity contribution in [1.82, 2.24) is 35.1 Å². The Balaban J connectivity index is 0.941. The number of nitrogens with zero attached hydrogens (tertiary/aromatic N) is 5. The number of fused-ring (bicyclic) bond motifs is 3. The molecule has 5 heterocycles. The smallest absolute Gasteiger partial charge is 0.309 e. The summed E-state index contributed by atoms with van der Waals surface area (Å²) in [4.78, 5) is 53.7. The Bertz CT molecular complexity index is 2200. The van der Waals surface area contributed by atoms with Crippen LogP contribution in [0, 0.1) is 10.8 Å². The van der Waals surface area contributed by atoms with E-state index in [4.69, 9.17) is 37.9 Å². The molecule has 1 saturated heterocycles. The lowest BCUT2D eigenvalue weighted by atomic mass is 9.80. The quantitative estimate of drug-likeness (QED) is 0.121. The van der Waals surface area contributed by atoms with Gasteiger partial charge in [0.25, 0.3) is 5.91 Å². The maximum absolute atomic E-state index is 13.7. The van der Waals surface area contributed by atoms with Gasteiger partial charge < -0.3 is 30.4 Å². The minimum Gasteiger partial charge on any atom is -0.481 e. The van der Waals surface area contributed by atoms with Gasteiger partial charge in [0, 0.05) is 75.0 Å². The molecular formula is C41H46Cl2N8O5. The third-order valence-electron chi connectivity index (χ3n) is 12.5. The lowest BCUT2D eigenvalue weighted by Gasteiger charge is -2.32. The molecule has 2 bridgehead atoms. The number of carbonyl (C=O) groups excluding carboxylic acids is 2. The van der Waals surface area contributed by atoms with E-state index in [1.165, 1.54) is 0 Å². The lowest BCUT2D eigenvalue weighted by Crippen LogP contribution is -2.35. The van der Waals surface area contributed by atoms with Gasteiger partial charge in [0.15, 0.2) is 5.82 Å². The summed E-state index contributed by atoms with van der Waals surface area (Å²) in [6.07, 6.45) is 9.12. The summed E-state index contributed by atoms with van der Waals surface area (Å²) < 4.78 is 7.50. The number of methoxy groups -OCH3 is 1. The van der Waals surface area contributed by atoms with Gasteiger partial charge in [0.1, 0.15) is 0 Å². The van der Waals surface area contributed by atoms with E-state index < -0.39 is 11.4 Å². The maximum Gasteiger partial charge on any atom is 0.309 e. The fourth-order valence-corrected chi connectivity index (χ4v) is 9.82. The van der Waals surface area contributed by atoms with Gasteiger partial charge in [-0.15, -0.1) is 0 Å². The van der Waals surface area contributed by atoms with Crippen molar-refractivity contribution in [3.8, 4) is 28.4 Å². The molecule has 1 atom stereocenters. The average molecular weight is 802 g/mol. The van der Waals surface area contributed by atoms with E-state index in [-0.39, 0.29) is 28.3 Å². The van der Waals surface area contributed by atoms with Crippen LogP contribution in [-0.4, -0.2) is 80.1 Å². The molecule has 3 fully saturated rings. The Morgan fingerprint density at radius 1 is 1.05 bits per heavy atom. The van der Waals surface area contributed by atoms with Gasteiger partial charge >= 0.3 is 5.97 Å². The summed E-state index contributed by atoms with van der Waals surface area (Å²) in [6.45, 7) is 3.60. The van der Waals surface area contributed by atoms with Crippen LogP contribution in [0.25, 0.3) is 22.5 Å². The molecule has 13 nitrogen and oxygen atoms in total. The second-order valence-electron chi connectivity index (χ2n) is 15.9. The van der Waals surface area contributed by atoms with E-state index >= 15 is 0 Å². The summed E-state index contributed by atoms with van der Waals surface area (Å²) in [7, 11) is 3.44. The maximum atomic E-state index is 13.7. The first-order valence-electron chi connectivity index (χ1n) is 19.3. The summed E-state index contributed by atoms with van der Waals surface area (Å²) in [5.41, 5.74) is 5.04. The number of hydrogen-bond acceptors (Lipinski definition) is 9. The third-order valence-corrected chi connectivity index (χ3v) is 13.3. The first-order valence-corrected chi connectivity index (χ1v) is 20.0. The standard InChI is InChI=1S/C41H46Cl2N8O5/c1-50-31-22-51(19-16-40-12-14-41(23-40,15-13-40)39(54)55)18-11-29(31)47-36(50)37(53)48-30-5-3-4-27(33(30)42)35-34(43)26(10-17-45-35)28-8-6-24(38(49-28)56-2)20-44-21-25-7-9-32(52)46-25/h3-6,8,10,17,25,44H,7,9,11-16,18-23H2,1-2H3,(H,46,52)(H,48,53)(H,54,55)/t25-,40?,41?/m1/s1. The van der Waals surface area contributed by atoms with Gasteiger partial charge in [-0.05, 0) is 75.1 Å². The first-order chi connectivity index (χ1) is 27.0. The van der Waals surface area contributed by atoms with Crippen LogP contribution < -0.4 is 20.7 Å². The Labute approximate surface area is 335 Å². The van der Waals surface area contributed by atoms with Gasteiger partial charge in [0.05, 0.1) is 51.0 Å². The van der Waals surface area contributed by atoms with Crippen molar-refractivity contribution in [3.05, 3.63) is 75.4 Å². The molecule has 4 aromatic rings. The molecule has 0 unspecified atom stereocenters. The minimum atomic E-state index is -0.627. The number of ether oxygens (including phenoxy) is 1. The SMILES string of the molecule is COc1nc(-c2ccnc(-c3cccc(NC(=O)c4nc5c(n4C)CN(CCC46CCC(C(=O)O)(CC4)C6)CC5)c3Cl)c2Cl)ccc1CNC[C@H]1CCC(=O)N1. The Kier molecular flexibility index (Phi) is 10.5. The summed E-state index contributed by atoms with van der Waals surface area (Å²) in [5, 5.41) is 19.8. The van der Waals surface area contributed by atoms with Crippen molar-refractivity contribution < 1.29 is 24.2 Å². The van der Waals surface area contributed by atoms with Crippen LogP contribution in [0.2, 0.25) is 10.0 Å². The van der Waals surface area contributed by atoms with Crippen LogP contribution in [0.15, 0.2) is 42.6 Å². The molecule has 1 aromatic carbocycles. The van der Waals surface area contributed by atoms with Crippen LogP contribution in [0.1, 0.15) is 78.9 Å².